The van der Waals surface area contributed by atoms with Crippen molar-refractivity contribution in [3.63, 3.8) is 0 Å². The first-order valence-electron chi connectivity index (χ1n) is 12.1. The van der Waals surface area contributed by atoms with Crippen LogP contribution in [0.15, 0.2) is 59.6 Å². The minimum Gasteiger partial charge on any atom is -0.405 e. The van der Waals surface area contributed by atoms with Crippen molar-refractivity contribution in [1.82, 2.24) is 10.3 Å². The van der Waals surface area contributed by atoms with E-state index in [1.165, 1.54) is 0 Å². The molecule has 4 N–H and O–H groups in total. The summed E-state index contributed by atoms with van der Waals surface area (Å²) in [5.41, 5.74) is 2.43. The van der Waals surface area contributed by atoms with Crippen molar-refractivity contribution < 1.29 is 23.0 Å². The van der Waals surface area contributed by atoms with Gasteiger partial charge in [-0.1, -0.05) is 59.9 Å². The Morgan fingerprint density at radius 3 is 2.56 bits per heavy atom. The zero-order valence-corrected chi connectivity index (χ0v) is 21.6. The van der Waals surface area contributed by atoms with Crippen LogP contribution in [0.4, 0.5) is 19.5 Å². The van der Waals surface area contributed by atoms with Crippen LogP contribution in [-0.4, -0.2) is 61.0 Å². The number of para-hydroxylation sites is 1. The quantitative estimate of drug-likeness (QED) is 0.281. The lowest BCUT2D eigenvalue weighted by atomic mass is 10.0. The van der Waals surface area contributed by atoms with Crippen LogP contribution in [0.2, 0.25) is 0 Å². The van der Waals surface area contributed by atoms with Crippen LogP contribution in [0.5, 0.6) is 0 Å². The molecule has 2 aromatic carbocycles. The van der Waals surface area contributed by atoms with Crippen LogP contribution in [0.3, 0.4) is 0 Å². The van der Waals surface area contributed by atoms with E-state index in [9.17, 15) is 13.6 Å². The van der Waals surface area contributed by atoms with Gasteiger partial charge in [-0.3, -0.25) is 15.6 Å². The van der Waals surface area contributed by atoms with Crippen LogP contribution in [0.1, 0.15) is 28.8 Å². The molecule has 1 atom stereocenters. The van der Waals surface area contributed by atoms with Gasteiger partial charge in [0.05, 0.1) is 24.6 Å². The molecule has 3 aromatic rings. The summed E-state index contributed by atoms with van der Waals surface area (Å²) < 4.78 is 38.9. The Labute approximate surface area is 226 Å². The maximum Gasteiger partial charge on any atom is 0.296 e. The number of fused-ring (bicyclic) bond motifs is 1. The summed E-state index contributed by atoms with van der Waals surface area (Å²) in [6, 6.07) is 15.8. The number of aromatic nitrogens is 1. The maximum atomic E-state index is 14.1. The number of anilines is 2. The summed E-state index contributed by atoms with van der Waals surface area (Å²) in [7, 11) is 0. The first kappa shape index (κ1) is 26.4. The number of ether oxygens (including phenoxy) is 2. The third-order valence-electron chi connectivity index (χ3n) is 5.96. The molecule has 2 aliphatic rings. The fourth-order valence-corrected chi connectivity index (χ4v) is 5.16. The summed E-state index contributed by atoms with van der Waals surface area (Å²) in [4.78, 5) is 23.4. The number of benzene rings is 2. The average Bonchev–Trinajstić information content (AvgIpc) is 3.34. The number of nitrogens with one attached hydrogen (secondary N) is 4. The third-order valence-corrected chi connectivity index (χ3v) is 7.25. The van der Waals surface area contributed by atoms with Crippen molar-refractivity contribution in [3.8, 4) is 0 Å². The standard InChI is InChI=1S/C26H25F2N7O3S/c1-26(27,28)24-33-19(23(39-24)35-11-13-37-14-12-35)20(29)38-25(30)34-21-22(36)31-17-10-6-5-9-16(17)18(32-21)15-7-3-2-4-8-15/h2-10,21,29H,11-14H2,1H3,(H2,30,34)(H,31,36). The second-order valence-corrected chi connectivity index (χ2v) is 9.82. The molecule has 13 heteroatoms. The van der Waals surface area contributed by atoms with Crippen LogP contribution in [-0.2, 0) is 20.2 Å². The Bertz CT molecular complexity index is 1430. The average molecular weight is 554 g/mol. The molecule has 202 valence electrons. The number of aliphatic imine (C=N–C) groups is 1. The minimum absolute atomic E-state index is 0.115. The number of morpholine rings is 1. The van der Waals surface area contributed by atoms with Crippen LogP contribution in [0, 0.1) is 10.8 Å². The van der Waals surface area contributed by atoms with E-state index >= 15 is 0 Å². The van der Waals surface area contributed by atoms with Crippen LogP contribution >= 0.6 is 11.3 Å². The van der Waals surface area contributed by atoms with E-state index in [4.69, 9.17) is 20.3 Å². The van der Waals surface area contributed by atoms with Gasteiger partial charge >= 0.3 is 0 Å². The van der Waals surface area contributed by atoms with Crippen molar-refractivity contribution in [2.45, 2.75) is 19.0 Å². The van der Waals surface area contributed by atoms with Gasteiger partial charge in [0, 0.05) is 31.1 Å². The summed E-state index contributed by atoms with van der Waals surface area (Å²) in [5.74, 6) is -4.36. The number of rotatable bonds is 5. The Balaban J connectivity index is 1.39. The van der Waals surface area contributed by atoms with Crippen molar-refractivity contribution in [3.05, 3.63) is 76.4 Å². The summed E-state index contributed by atoms with van der Waals surface area (Å²) in [6.45, 7) is 2.42. The SMILES string of the molecule is CC(F)(F)c1nc(C(=N)OC(=N)NC2N=C(c3ccccc3)c3ccccc3NC2=O)c(N2CCOCC2)s1. The number of benzodiazepines with no additional fused rings is 1. The highest BCUT2D eigenvalue weighted by molar-refractivity contribution is 7.16. The first-order chi connectivity index (χ1) is 18.7. The van der Waals surface area contributed by atoms with Gasteiger partial charge in [-0.25, -0.2) is 9.98 Å². The van der Waals surface area contributed by atoms with E-state index < -0.39 is 34.9 Å². The normalized spacial score (nSPS) is 17.4. The smallest absolute Gasteiger partial charge is 0.296 e. The lowest BCUT2D eigenvalue weighted by molar-refractivity contribution is -0.117. The van der Waals surface area contributed by atoms with Gasteiger partial charge < -0.3 is 25.0 Å². The van der Waals surface area contributed by atoms with E-state index in [1.54, 1.807) is 17.0 Å². The van der Waals surface area contributed by atoms with Gasteiger partial charge in [0.2, 0.25) is 12.1 Å². The van der Waals surface area contributed by atoms with Crippen LogP contribution in [0.25, 0.3) is 0 Å². The molecule has 1 saturated heterocycles. The number of hydrogen-bond acceptors (Lipinski definition) is 9. The van der Waals surface area contributed by atoms with E-state index in [2.05, 4.69) is 20.6 Å². The van der Waals surface area contributed by atoms with Gasteiger partial charge in [-0.05, 0) is 6.07 Å². The zero-order chi connectivity index (χ0) is 27.6. The molecule has 0 saturated carbocycles. The van der Waals surface area contributed by atoms with Gasteiger partial charge in [0.1, 0.15) is 5.00 Å². The molecule has 3 heterocycles. The second-order valence-electron chi connectivity index (χ2n) is 8.85. The number of carbonyl (C=O) groups excluding carboxylic acids is 1. The van der Waals surface area contributed by atoms with Crippen molar-refractivity contribution in [2.24, 2.45) is 4.99 Å². The number of amides is 1. The van der Waals surface area contributed by atoms with E-state index in [0.717, 1.165) is 23.8 Å². The molecule has 1 unspecified atom stereocenters. The first-order valence-corrected chi connectivity index (χ1v) is 12.9. The van der Waals surface area contributed by atoms with Crippen molar-refractivity contribution in [1.29, 1.82) is 10.8 Å². The molecular weight excluding hydrogens is 528 g/mol. The molecule has 0 radical (unpaired) electrons. The number of alkyl halides is 2. The predicted molar refractivity (Wildman–Crippen MR) is 144 cm³/mol. The molecule has 0 bridgehead atoms. The number of thiazole rings is 1. The Hall–Kier alpha value is -4.23. The Morgan fingerprint density at radius 1 is 1.15 bits per heavy atom. The van der Waals surface area contributed by atoms with Crippen molar-refractivity contribution >= 4 is 45.6 Å². The lowest BCUT2D eigenvalue weighted by Crippen LogP contribution is -2.43. The van der Waals surface area contributed by atoms with Gasteiger partial charge in [0.25, 0.3) is 17.9 Å². The molecule has 0 aliphatic carbocycles. The largest absolute Gasteiger partial charge is 0.405 e. The Morgan fingerprint density at radius 2 is 1.85 bits per heavy atom. The third kappa shape index (κ3) is 5.78. The molecule has 1 amide bonds. The van der Waals surface area contributed by atoms with Crippen molar-refractivity contribution in [2.75, 3.05) is 36.5 Å². The molecular formula is C26H25F2N7O3S. The van der Waals surface area contributed by atoms with E-state index in [0.29, 0.717) is 48.3 Å². The monoisotopic (exact) mass is 553 g/mol. The molecule has 1 aromatic heterocycles. The van der Waals surface area contributed by atoms with Gasteiger partial charge in [-0.15, -0.1) is 0 Å². The zero-order valence-electron chi connectivity index (χ0n) is 20.8. The van der Waals surface area contributed by atoms with Gasteiger partial charge in [-0.2, -0.15) is 8.78 Å². The highest BCUT2D eigenvalue weighted by Crippen LogP contribution is 2.38. The molecule has 5 rings (SSSR count). The summed E-state index contributed by atoms with van der Waals surface area (Å²) in [5, 5.41) is 22.0. The minimum atomic E-state index is -3.22. The second kappa shape index (κ2) is 10.9. The van der Waals surface area contributed by atoms with E-state index in [-0.39, 0.29) is 5.69 Å². The highest BCUT2D eigenvalue weighted by Gasteiger charge is 2.34. The lowest BCUT2D eigenvalue weighted by Gasteiger charge is -2.28. The molecule has 39 heavy (non-hydrogen) atoms. The summed E-state index contributed by atoms with van der Waals surface area (Å²) in [6.07, 6.45) is -1.27. The predicted octanol–water partition coefficient (Wildman–Crippen LogP) is 3.77. The van der Waals surface area contributed by atoms with Gasteiger partial charge in [0.15, 0.2) is 10.7 Å². The highest BCUT2D eigenvalue weighted by atomic mass is 32.1. The molecule has 10 nitrogen and oxygen atoms in total. The number of carbonyl (C=O) groups is 1. The molecule has 1 fully saturated rings. The number of nitrogens with zero attached hydrogens (tertiary/aromatic N) is 3. The number of hydrogen-bond donors (Lipinski definition) is 4. The fourth-order valence-electron chi connectivity index (χ4n) is 4.11. The topological polar surface area (TPSA) is 136 Å². The van der Waals surface area contributed by atoms with E-state index in [1.807, 2.05) is 42.5 Å². The molecule has 2 aliphatic heterocycles. The van der Waals surface area contributed by atoms with Crippen LogP contribution < -0.4 is 15.5 Å². The number of amidine groups is 1. The number of halogens is 2. The Kier molecular flexibility index (Phi) is 7.35. The molecule has 0 spiro atoms. The fraction of sp³-hybridized carbons (Fsp3) is 0.269. The maximum absolute atomic E-state index is 14.1. The summed E-state index contributed by atoms with van der Waals surface area (Å²) >= 11 is 0.770.